The molecule has 0 radical (unpaired) electrons. The van der Waals surface area contributed by atoms with Crippen LogP contribution in [0.25, 0.3) is 22.3 Å². The quantitative estimate of drug-likeness (QED) is 0.372. The highest BCUT2D eigenvalue weighted by atomic mass is 16.6. The van der Waals surface area contributed by atoms with Gasteiger partial charge in [-0.15, -0.1) is 0 Å². The third kappa shape index (κ3) is 2.89. The molecule has 1 atom stereocenters. The predicted molar refractivity (Wildman–Crippen MR) is 110 cm³/mol. The molecule has 0 saturated carbocycles. The Bertz CT molecular complexity index is 1350. The van der Waals surface area contributed by atoms with Crippen LogP contribution in [0.2, 0.25) is 0 Å². The number of hydrogen-bond acceptors (Lipinski definition) is 8. The van der Waals surface area contributed by atoms with Crippen LogP contribution in [-0.4, -0.2) is 33.2 Å². The Hall–Kier alpha value is -3.72. The highest BCUT2D eigenvalue weighted by molar-refractivity contribution is 5.87. The van der Waals surface area contributed by atoms with Gasteiger partial charge < -0.3 is 24.9 Å². The summed E-state index contributed by atoms with van der Waals surface area (Å²) in [7, 11) is 0. The third-order valence-electron chi connectivity index (χ3n) is 5.79. The number of carbonyl (C=O) groups excluding carboxylic acids is 2. The molecule has 31 heavy (non-hydrogen) atoms. The standard InChI is InChI=1S/C22H19N3O6/c1-11(26)30-5-4-22(29)16-8-18-19-13(6-12-7-14(23)2-3-17(12)24-19)9-25(18)20(27)15(16)10-31-21(22)28/h2-3,6-8,29H,4-5,9-10,23H2,1H3/t22-/m0/s1. The average Bonchev–Trinajstić information content (AvgIpc) is 3.07. The molecule has 2 aliphatic rings. The fourth-order valence-electron chi connectivity index (χ4n) is 4.25. The molecule has 0 saturated heterocycles. The molecule has 0 bridgehead atoms. The number of hydrogen-bond donors (Lipinski definition) is 2. The molecule has 1 aromatic carbocycles. The van der Waals surface area contributed by atoms with Crippen LogP contribution >= 0.6 is 0 Å². The van der Waals surface area contributed by atoms with Gasteiger partial charge in [-0.05, 0) is 30.3 Å². The Balaban J connectivity index is 1.67. The molecule has 9 heteroatoms. The number of aromatic nitrogens is 2. The van der Waals surface area contributed by atoms with Crippen molar-refractivity contribution < 1.29 is 24.2 Å². The molecule has 158 valence electrons. The minimum atomic E-state index is -2.09. The number of nitrogen functional groups attached to an aromatic ring is 1. The van der Waals surface area contributed by atoms with Gasteiger partial charge in [0, 0.05) is 35.5 Å². The number of nitrogens with two attached hydrogens (primary N) is 1. The molecule has 5 rings (SSSR count). The average molecular weight is 421 g/mol. The molecular formula is C22H19N3O6. The molecule has 0 fully saturated rings. The molecule has 0 spiro atoms. The van der Waals surface area contributed by atoms with Crippen LogP contribution in [-0.2, 0) is 37.8 Å². The maximum atomic E-state index is 13.2. The van der Waals surface area contributed by atoms with Crippen LogP contribution in [0.3, 0.4) is 0 Å². The number of benzene rings is 1. The van der Waals surface area contributed by atoms with Gasteiger partial charge in [0.15, 0.2) is 5.60 Å². The molecular weight excluding hydrogens is 402 g/mol. The van der Waals surface area contributed by atoms with E-state index in [0.29, 0.717) is 23.6 Å². The summed E-state index contributed by atoms with van der Waals surface area (Å²) >= 11 is 0. The Labute approximate surface area is 176 Å². The normalized spacial score (nSPS) is 18.8. The van der Waals surface area contributed by atoms with E-state index in [9.17, 15) is 19.5 Å². The van der Waals surface area contributed by atoms with Crippen LogP contribution in [0.4, 0.5) is 5.69 Å². The first kappa shape index (κ1) is 19.3. The number of rotatable bonds is 3. The van der Waals surface area contributed by atoms with Crippen LogP contribution in [0, 0.1) is 0 Å². The van der Waals surface area contributed by atoms with Gasteiger partial charge in [0.1, 0.15) is 6.61 Å². The Morgan fingerprint density at radius 1 is 1.32 bits per heavy atom. The van der Waals surface area contributed by atoms with E-state index in [0.717, 1.165) is 16.5 Å². The van der Waals surface area contributed by atoms with Crippen molar-refractivity contribution in [1.29, 1.82) is 0 Å². The van der Waals surface area contributed by atoms with E-state index >= 15 is 0 Å². The van der Waals surface area contributed by atoms with Gasteiger partial charge in [-0.1, -0.05) is 0 Å². The summed E-state index contributed by atoms with van der Waals surface area (Å²) in [6.45, 7) is 1.12. The summed E-state index contributed by atoms with van der Waals surface area (Å²) in [5, 5.41) is 12.0. The molecule has 9 nitrogen and oxygen atoms in total. The first-order chi connectivity index (χ1) is 14.8. The van der Waals surface area contributed by atoms with Gasteiger partial charge in [0.2, 0.25) is 0 Å². The van der Waals surface area contributed by atoms with Crippen LogP contribution < -0.4 is 11.3 Å². The number of aliphatic hydroxyl groups is 1. The van der Waals surface area contributed by atoms with Crippen molar-refractivity contribution in [2.24, 2.45) is 0 Å². The van der Waals surface area contributed by atoms with Gasteiger partial charge >= 0.3 is 11.9 Å². The summed E-state index contributed by atoms with van der Waals surface area (Å²) in [5.74, 6) is -1.41. The zero-order valence-electron chi connectivity index (χ0n) is 16.7. The lowest BCUT2D eigenvalue weighted by Gasteiger charge is -2.32. The zero-order valence-corrected chi connectivity index (χ0v) is 16.7. The molecule has 0 amide bonds. The number of pyridine rings is 2. The second-order valence-electron chi connectivity index (χ2n) is 7.79. The van der Waals surface area contributed by atoms with Crippen LogP contribution in [0.5, 0.6) is 0 Å². The molecule has 4 heterocycles. The first-order valence-electron chi connectivity index (χ1n) is 9.77. The van der Waals surface area contributed by atoms with Crippen molar-refractivity contribution >= 4 is 28.5 Å². The molecule has 2 aliphatic heterocycles. The molecule has 3 aromatic rings. The number of nitrogens with zero attached hydrogens (tertiary/aromatic N) is 2. The lowest BCUT2D eigenvalue weighted by Crippen LogP contribution is -2.45. The van der Waals surface area contributed by atoms with Crippen molar-refractivity contribution in [3.63, 3.8) is 0 Å². The number of esters is 2. The summed E-state index contributed by atoms with van der Waals surface area (Å²) < 4.78 is 11.6. The zero-order chi connectivity index (χ0) is 21.9. The Morgan fingerprint density at radius 2 is 2.13 bits per heavy atom. The SMILES string of the molecule is CC(=O)OCC[C@@]1(O)C(=O)OCc2c1cc1n(c2=O)Cc2cc3cc(N)ccc3nc2-1. The highest BCUT2D eigenvalue weighted by Crippen LogP contribution is 2.38. The van der Waals surface area contributed by atoms with E-state index in [1.54, 1.807) is 22.8 Å². The number of cyclic esters (lactones) is 1. The molecule has 2 aromatic heterocycles. The number of anilines is 1. The van der Waals surface area contributed by atoms with Gasteiger partial charge in [0.05, 0.1) is 35.6 Å². The Morgan fingerprint density at radius 3 is 2.90 bits per heavy atom. The smallest absolute Gasteiger partial charge is 0.343 e. The van der Waals surface area contributed by atoms with E-state index in [-0.39, 0.29) is 36.3 Å². The number of carbonyl (C=O) groups is 2. The summed E-state index contributed by atoms with van der Waals surface area (Å²) in [4.78, 5) is 41.5. The lowest BCUT2D eigenvalue weighted by atomic mass is 9.85. The minimum Gasteiger partial charge on any atom is -0.466 e. The predicted octanol–water partition coefficient (Wildman–Crippen LogP) is 1.20. The molecule has 0 unspecified atom stereocenters. The van der Waals surface area contributed by atoms with E-state index in [1.165, 1.54) is 6.92 Å². The maximum Gasteiger partial charge on any atom is 0.343 e. The van der Waals surface area contributed by atoms with E-state index < -0.39 is 17.5 Å². The topological polar surface area (TPSA) is 134 Å². The van der Waals surface area contributed by atoms with Crippen LogP contribution in [0.1, 0.15) is 30.0 Å². The second-order valence-corrected chi connectivity index (χ2v) is 7.79. The molecule has 0 aliphatic carbocycles. The fraction of sp³-hybridized carbons (Fsp3) is 0.273. The molecule has 3 N–H and O–H groups in total. The third-order valence-corrected chi connectivity index (χ3v) is 5.79. The summed E-state index contributed by atoms with van der Waals surface area (Å²) in [6, 6.07) is 8.93. The van der Waals surface area contributed by atoms with Gasteiger partial charge in [-0.2, -0.15) is 0 Å². The Kier molecular flexibility index (Phi) is 4.13. The first-order valence-corrected chi connectivity index (χ1v) is 9.77. The highest BCUT2D eigenvalue weighted by Gasteiger charge is 2.46. The van der Waals surface area contributed by atoms with Crippen molar-refractivity contribution in [2.45, 2.75) is 32.1 Å². The van der Waals surface area contributed by atoms with Gasteiger partial charge in [-0.25, -0.2) is 9.78 Å². The lowest BCUT2D eigenvalue weighted by molar-refractivity contribution is -0.175. The number of ether oxygens (including phenoxy) is 2. The van der Waals surface area contributed by atoms with Crippen molar-refractivity contribution in [2.75, 3.05) is 12.3 Å². The number of fused-ring (bicyclic) bond motifs is 5. The largest absolute Gasteiger partial charge is 0.466 e. The van der Waals surface area contributed by atoms with Crippen LogP contribution in [0.15, 0.2) is 35.1 Å². The van der Waals surface area contributed by atoms with E-state index in [2.05, 4.69) is 0 Å². The van der Waals surface area contributed by atoms with Gasteiger partial charge in [0.25, 0.3) is 5.56 Å². The van der Waals surface area contributed by atoms with E-state index in [1.807, 2.05) is 12.1 Å². The summed E-state index contributed by atoms with van der Waals surface area (Å²) in [6.07, 6.45) is -0.224. The van der Waals surface area contributed by atoms with Crippen molar-refractivity contribution in [1.82, 2.24) is 9.55 Å². The minimum absolute atomic E-state index is 0.166. The van der Waals surface area contributed by atoms with Gasteiger partial charge in [-0.3, -0.25) is 9.59 Å². The van der Waals surface area contributed by atoms with Crippen molar-refractivity contribution in [3.8, 4) is 11.4 Å². The summed E-state index contributed by atoms with van der Waals surface area (Å²) in [5.41, 5.74) is 7.10. The monoisotopic (exact) mass is 421 g/mol. The maximum absolute atomic E-state index is 13.2. The second kappa shape index (κ2) is 6.64. The fourth-order valence-corrected chi connectivity index (χ4v) is 4.25. The van der Waals surface area contributed by atoms with Crippen molar-refractivity contribution in [3.05, 3.63) is 57.4 Å². The van der Waals surface area contributed by atoms with E-state index in [4.69, 9.17) is 20.2 Å².